The summed E-state index contributed by atoms with van der Waals surface area (Å²) in [6.07, 6.45) is -7.67. The van der Waals surface area contributed by atoms with Crippen LogP contribution in [0.5, 0.6) is 0 Å². The topological polar surface area (TPSA) is 84.2 Å². The molecule has 2 N–H and O–H groups in total. The van der Waals surface area contributed by atoms with E-state index in [1.165, 1.54) is 36.4 Å². The third kappa shape index (κ3) is 6.59. The number of alkyl halides is 6. The molecular weight excluding hydrogens is 588 g/mol. The molecule has 1 unspecified atom stereocenters. The Morgan fingerprint density at radius 2 is 1.27 bits per heavy atom. The lowest BCUT2D eigenvalue weighted by Gasteiger charge is -2.21. The molecule has 0 fully saturated rings. The number of carboxylic acid groups (broad SMARTS) is 1. The van der Waals surface area contributed by atoms with Gasteiger partial charge in [0, 0.05) is 17.5 Å². The molecule has 1 atom stereocenters. The number of nitrogens with zero attached hydrogens (tertiary/aromatic N) is 2. The van der Waals surface area contributed by atoms with E-state index in [1.807, 2.05) is 0 Å². The summed E-state index contributed by atoms with van der Waals surface area (Å²) >= 11 is 0. The fourth-order valence-corrected chi connectivity index (χ4v) is 4.82. The molecule has 0 spiro atoms. The van der Waals surface area contributed by atoms with E-state index in [0.717, 1.165) is 24.3 Å². The maximum Gasteiger partial charge on any atom is 0.416 e. The number of carboxylic acids is 1. The van der Waals surface area contributed by atoms with Crippen LogP contribution in [-0.4, -0.2) is 33.3 Å². The van der Waals surface area contributed by atoms with Gasteiger partial charge in [0.25, 0.3) is 5.91 Å². The first kappa shape index (κ1) is 30.3. The highest BCUT2D eigenvalue weighted by Crippen LogP contribution is 2.35. The summed E-state index contributed by atoms with van der Waals surface area (Å²) in [6.45, 7) is -0.0577. The van der Waals surface area contributed by atoms with Crippen LogP contribution >= 0.6 is 0 Å². The molecular formula is C32H23F6N3O3. The van der Waals surface area contributed by atoms with Gasteiger partial charge in [-0.2, -0.15) is 31.4 Å². The molecule has 6 nitrogen and oxygen atoms in total. The molecule has 0 radical (unpaired) electrons. The third-order valence-corrected chi connectivity index (χ3v) is 7.05. The van der Waals surface area contributed by atoms with Crippen LogP contribution in [0, 0.1) is 0 Å². The molecule has 0 saturated heterocycles. The van der Waals surface area contributed by atoms with Gasteiger partial charge >= 0.3 is 18.3 Å². The molecule has 0 bridgehead atoms. The summed E-state index contributed by atoms with van der Waals surface area (Å²) in [5, 5.41) is 16.5. The van der Waals surface area contributed by atoms with Crippen LogP contribution in [0.25, 0.3) is 22.0 Å². The van der Waals surface area contributed by atoms with Crippen molar-refractivity contribution >= 4 is 22.8 Å². The molecule has 5 rings (SSSR count). The summed E-state index contributed by atoms with van der Waals surface area (Å²) in [5.41, 5.74) is 1.58. The molecule has 1 amide bonds. The Balaban J connectivity index is 1.51. The van der Waals surface area contributed by atoms with Crippen LogP contribution in [0.2, 0.25) is 0 Å². The Kier molecular flexibility index (Phi) is 8.18. The minimum absolute atomic E-state index is 0.0577. The van der Waals surface area contributed by atoms with Crippen molar-refractivity contribution in [1.29, 1.82) is 0 Å². The van der Waals surface area contributed by atoms with Gasteiger partial charge in [-0.1, -0.05) is 42.5 Å². The normalized spacial score (nSPS) is 12.7. The average molecular weight is 612 g/mol. The molecule has 0 saturated carbocycles. The molecule has 0 aliphatic heterocycles. The zero-order valence-electron chi connectivity index (χ0n) is 22.7. The summed E-state index contributed by atoms with van der Waals surface area (Å²) in [7, 11) is 0. The van der Waals surface area contributed by atoms with Crippen LogP contribution in [0.4, 0.5) is 26.3 Å². The predicted molar refractivity (Wildman–Crippen MR) is 150 cm³/mol. The van der Waals surface area contributed by atoms with Crippen LogP contribution < -0.4 is 5.32 Å². The lowest BCUT2D eigenvalue weighted by Crippen LogP contribution is -2.26. The van der Waals surface area contributed by atoms with Crippen LogP contribution in [-0.2, 0) is 17.1 Å². The Morgan fingerprint density at radius 3 is 1.82 bits per heavy atom. The number of carbonyl (C=O) groups is 2. The number of carbonyl (C=O) groups excluding carboxylic acids is 1. The minimum atomic E-state index is -4.53. The van der Waals surface area contributed by atoms with E-state index in [9.17, 15) is 35.9 Å². The maximum absolute atomic E-state index is 13.3. The van der Waals surface area contributed by atoms with Crippen molar-refractivity contribution in [3.05, 3.63) is 125 Å². The molecule has 12 heteroatoms. The van der Waals surface area contributed by atoms with Gasteiger partial charge in [0.05, 0.1) is 29.3 Å². The standard InChI is InChI=1S/C32H23F6N3O3/c33-31(34,35)25-10-5-19(6-11-25)23-9-14-27-24(17-23)18-40-41(27)29(21-7-12-26(13-8-21)32(36,37)38)20-1-3-22(4-2-20)30(44)39-16-15-28(42)43/h1-14,17-18,29H,15-16H2,(H,39,44)(H,42,43). The minimum Gasteiger partial charge on any atom is -0.481 e. The highest BCUT2D eigenvalue weighted by Gasteiger charge is 2.31. The third-order valence-electron chi connectivity index (χ3n) is 7.05. The second kappa shape index (κ2) is 11.9. The van der Waals surface area contributed by atoms with Crippen molar-refractivity contribution in [2.24, 2.45) is 0 Å². The molecule has 226 valence electrons. The van der Waals surface area contributed by atoms with Crippen molar-refractivity contribution in [2.45, 2.75) is 24.8 Å². The number of fused-ring (bicyclic) bond motifs is 1. The number of amides is 1. The van der Waals surface area contributed by atoms with E-state index < -0.39 is 41.4 Å². The van der Waals surface area contributed by atoms with Gasteiger partial charge in [0.15, 0.2) is 0 Å². The molecule has 1 aromatic heterocycles. The number of halogens is 6. The molecule has 5 aromatic rings. The summed E-state index contributed by atoms with van der Waals surface area (Å²) in [5.74, 6) is -1.54. The SMILES string of the molecule is O=C(O)CCNC(=O)c1ccc(C(c2ccc(C(F)(F)F)cc2)n2ncc3cc(-c4ccc(C(F)(F)F)cc4)ccc32)cc1. The van der Waals surface area contributed by atoms with E-state index in [-0.39, 0.29) is 18.5 Å². The molecule has 1 heterocycles. The summed E-state index contributed by atoms with van der Waals surface area (Å²) < 4.78 is 80.5. The van der Waals surface area contributed by atoms with Gasteiger partial charge in [-0.25, -0.2) is 0 Å². The first-order valence-corrected chi connectivity index (χ1v) is 13.2. The van der Waals surface area contributed by atoms with Gasteiger partial charge in [-0.05, 0) is 70.8 Å². The van der Waals surface area contributed by atoms with Crippen molar-refractivity contribution in [3.63, 3.8) is 0 Å². The Labute approximate surface area is 246 Å². The van der Waals surface area contributed by atoms with E-state index >= 15 is 0 Å². The van der Waals surface area contributed by atoms with Crippen molar-refractivity contribution < 1.29 is 41.0 Å². The lowest BCUT2D eigenvalue weighted by atomic mass is 9.96. The van der Waals surface area contributed by atoms with E-state index in [2.05, 4.69) is 10.4 Å². The summed E-state index contributed by atoms with van der Waals surface area (Å²) in [4.78, 5) is 23.2. The average Bonchev–Trinajstić information content (AvgIpc) is 3.40. The Hall–Kier alpha value is -5.13. The number of hydrogen-bond acceptors (Lipinski definition) is 3. The fourth-order valence-electron chi connectivity index (χ4n) is 4.82. The van der Waals surface area contributed by atoms with Crippen molar-refractivity contribution in [1.82, 2.24) is 15.1 Å². The molecule has 0 aliphatic rings. The number of hydrogen-bond donors (Lipinski definition) is 2. The number of nitrogens with one attached hydrogen (secondary N) is 1. The molecule has 0 aliphatic carbocycles. The zero-order valence-corrected chi connectivity index (χ0v) is 22.7. The van der Waals surface area contributed by atoms with Crippen LogP contribution in [0.15, 0.2) is 97.2 Å². The van der Waals surface area contributed by atoms with Gasteiger partial charge in [0.2, 0.25) is 0 Å². The maximum atomic E-state index is 13.3. The quantitative estimate of drug-likeness (QED) is 0.177. The fraction of sp³-hybridized carbons (Fsp3) is 0.156. The molecule has 44 heavy (non-hydrogen) atoms. The lowest BCUT2D eigenvalue weighted by molar-refractivity contribution is -0.138. The first-order chi connectivity index (χ1) is 20.8. The number of rotatable bonds is 8. The number of benzene rings is 4. The van der Waals surface area contributed by atoms with Gasteiger partial charge < -0.3 is 10.4 Å². The monoisotopic (exact) mass is 611 g/mol. The zero-order chi connectivity index (χ0) is 31.6. The van der Waals surface area contributed by atoms with E-state index in [4.69, 9.17) is 5.11 Å². The number of aliphatic carboxylic acids is 1. The van der Waals surface area contributed by atoms with Crippen LogP contribution in [0.3, 0.4) is 0 Å². The van der Waals surface area contributed by atoms with Gasteiger partial charge in [0.1, 0.15) is 6.04 Å². The van der Waals surface area contributed by atoms with Crippen molar-refractivity contribution in [3.8, 4) is 11.1 Å². The van der Waals surface area contributed by atoms with E-state index in [1.54, 1.807) is 41.2 Å². The summed E-state index contributed by atoms with van der Waals surface area (Å²) in [6, 6.07) is 20.2. The molecule has 4 aromatic carbocycles. The number of aromatic nitrogens is 2. The highest BCUT2D eigenvalue weighted by molar-refractivity contribution is 5.94. The Bertz CT molecular complexity index is 1790. The smallest absolute Gasteiger partial charge is 0.416 e. The predicted octanol–water partition coefficient (Wildman–Crippen LogP) is 7.58. The van der Waals surface area contributed by atoms with Crippen LogP contribution in [0.1, 0.15) is 45.1 Å². The highest BCUT2D eigenvalue weighted by atomic mass is 19.4. The van der Waals surface area contributed by atoms with Gasteiger partial charge in [-0.15, -0.1) is 0 Å². The first-order valence-electron chi connectivity index (χ1n) is 13.2. The largest absolute Gasteiger partial charge is 0.481 e. The Morgan fingerprint density at radius 1 is 0.750 bits per heavy atom. The second-order valence-electron chi connectivity index (χ2n) is 9.98. The van der Waals surface area contributed by atoms with Gasteiger partial charge in [-0.3, -0.25) is 14.3 Å². The van der Waals surface area contributed by atoms with Crippen molar-refractivity contribution in [2.75, 3.05) is 6.54 Å². The van der Waals surface area contributed by atoms with E-state index in [0.29, 0.717) is 33.2 Å². The second-order valence-corrected chi connectivity index (χ2v) is 9.98.